The summed E-state index contributed by atoms with van der Waals surface area (Å²) in [5.74, 6) is 3.63. The van der Waals surface area contributed by atoms with E-state index < -0.39 is 0 Å². The molecule has 0 radical (unpaired) electrons. The minimum atomic E-state index is 0.0202. The molecule has 0 bridgehead atoms. The molecule has 0 aromatic carbocycles. The van der Waals surface area contributed by atoms with Crippen molar-refractivity contribution < 1.29 is 5.11 Å². The third kappa shape index (κ3) is 2.13. The van der Waals surface area contributed by atoms with Gasteiger partial charge in [-0.2, -0.15) is 0 Å². The molecule has 14 heavy (non-hydrogen) atoms. The highest BCUT2D eigenvalue weighted by molar-refractivity contribution is 4.86. The van der Waals surface area contributed by atoms with E-state index >= 15 is 0 Å². The molecule has 1 nitrogen and oxygen atoms in total. The first-order valence-electron chi connectivity index (χ1n) is 6.35. The summed E-state index contributed by atoms with van der Waals surface area (Å²) < 4.78 is 0. The summed E-state index contributed by atoms with van der Waals surface area (Å²) in [4.78, 5) is 0. The van der Waals surface area contributed by atoms with Crippen molar-refractivity contribution in [3.05, 3.63) is 0 Å². The third-order valence-electron chi connectivity index (χ3n) is 4.57. The Labute approximate surface area is 87.9 Å². The normalized spacial score (nSPS) is 43.7. The van der Waals surface area contributed by atoms with Crippen molar-refractivity contribution in [3.63, 3.8) is 0 Å². The molecule has 1 heteroatoms. The fourth-order valence-corrected chi connectivity index (χ4v) is 3.51. The maximum Gasteiger partial charge on any atom is 0.0543 e. The van der Waals surface area contributed by atoms with Gasteiger partial charge in [0.05, 0.1) is 6.10 Å². The Hall–Kier alpha value is -0.0400. The van der Waals surface area contributed by atoms with Gasteiger partial charge in [0.15, 0.2) is 0 Å². The molecule has 2 saturated carbocycles. The molecule has 2 rings (SSSR count). The molecule has 4 atom stereocenters. The van der Waals surface area contributed by atoms with Crippen molar-refractivity contribution in [1.29, 1.82) is 0 Å². The summed E-state index contributed by atoms with van der Waals surface area (Å²) in [6.07, 6.45) is 7.69. The lowest BCUT2D eigenvalue weighted by atomic mass is 9.65. The molecule has 2 aliphatic rings. The van der Waals surface area contributed by atoms with Gasteiger partial charge in [0.2, 0.25) is 0 Å². The van der Waals surface area contributed by atoms with Crippen molar-refractivity contribution in [1.82, 2.24) is 0 Å². The summed E-state index contributed by atoms with van der Waals surface area (Å²) in [5, 5.41) is 9.62. The van der Waals surface area contributed by atoms with Crippen LogP contribution in [0.5, 0.6) is 0 Å². The molecule has 2 fully saturated rings. The highest BCUT2D eigenvalue weighted by atomic mass is 16.3. The van der Waals surface area contributed by atoms with E-state index in [0.717, 1.165) is 36.5 Å². The Kier molecular flexibility index (Phi) is 3.16. The maximum atomic E-state index is 9.62. The molecule has 0 aromatic rings. The van der Waals surface area contributed by atoms with Crippen LogP contribution in [0.25, 0.3) is 0 Å². The minimum Gasteiger partial charge on any atom is -0.393 e. The van der Waals surface area contributed by atoms with Gasteiger partial charge < -0.3 is 5.11 Å². The van der Waals surface area contributed by atoms with Gasteiger partial charge in [-0.15, -0.1) is 0 Å². The molecule has 0 spiro atoms. The van der Waals surface area contributed by atoms with E-state index in [1.165, 1.54) is 25.7 Å². The molecular weight excluding hydrogens is 172 g/mol. The molecule has 0 unspecified atom stereocenters. The van der Waals surface area contributed by atoms with Crippen LogP contribution < -0.4 is 0 Å². The molecule has 0 saturated heterocycles. The SMILES string of the molecule is CC(C)[C@@H]1CC[C@@H]2C[C@H](O)CC[C@@H]2C1. The fraction of sp³-hybridized carbons (Fsp3) is 1.00. The maximum absolute atomic E-state index is 9.62. The van der Waals surface area contributed by atoms with Crippen LogP contribution in [0.2, 0.25) is 0 Å². The van der Waals surface area contributed by atoms with Crippen molar-refractivity contribution in [3.8, 4) is 0 Å². The lowest BCUT2D eigenvalue weighted by Crippen LogP contribution is -2.34. The number of hydrogen-bond acceptors (Lipinski definition) is 1. The van der Waals surface area contributed by atoms with Crippen LogP contribution in [0, 0.1) is 23.7 Å². The van der Waals surface area contributed by atoms with E-state index in [-0.39, 0.29) is 6.10 Å². The van der Waals surface area contributed by atoms with Crippen LogP contribution in [0.4, 0.5) is 0 Å². The molecule has 0 amide bonds. The molecule has 1 N–H and O–H groups in total. The molecule has 82 valence electrons. The van der Waals surface area contributed by atoms with Gasteiger partial charge in [0.1, 0.15) is 0 Å². The lowest BCUT2D eigenvalue weighted by molar-refractivity contribution is 0.0282. The van der Waals surface area contributed by atoms with Crippen molar-refractivity contribution in [2.24, 2.45) is 23.7 Å². The zero-order chi connectivity index (χ0) is 10.1. The molecular formula is C13H24O. The van der Waals surface area contributed by atoms with Gasteiger partial charge in [0.25, 0.3) is 0 Å². The zero-order valence-corrected chi connectivity index (χ0v) is 9.58. The Balaban J connectivity index is 1.91. The Bertz CT molecular complexity index is 188. The average Bonchev–Trinajstić information content (AvgIpc) is 2.16. The summed E-state index contributed by atoms with van der Waals surface area (Å²) in [6.45, 7) is 4.73. The summed E-state index contributed by atoms with van der Waals surface area (Å²) in [7, 11) is 0. The predicted octanol–water partition coefficient (Wildman–Crippen LogP) is 3.22. The van der Waals surface area contributed by atoms with Crippen LogP contribution >= 0.6 is 0 Å². The first-order valence-corrected chi connectivity index (χ1v) is 6.35. The van der Waals surface area contributed by atoms with Gasteiger partial charge in [-0.3, -0.25) is 0 Å². The predicted molar refractivity (Wildman–Crippen MR) is 59.0 cm³/mol. The second kappa shape index (κ2) is 4.22. The van der Waals surface area contributed by atoms with E-state index in [1.807, 2.05) is 0 Å². The van der Waals surface area contributed by atoms with Gasteiger partial charge in [-0.25, -0.2) is 0 Å². The molecule has 0 aliphatic heterocycles. The smallest absolute Gasteiger partial charge is 0.0543 e. The van der Waals surface area contributed by atoms with E-state index in [1.54, 1.807) is 0 Å². The van der Waals surface area contributed by atoms with Gasteiger partial charge >= 0.3 is 0 Å². The Morgan fingerprint density at radius 3 is 2.29 bits per heavy atom. The van der Waals surface area contributed by atoms with Crippen LogP contribution in [-0.2, 0) is 0 Å². The minimum absolute atomic E-state index is 0.0202. The van der Waals surface area contributed by atoms with Crippen molar-refractivity contribution >= 4 is 0 Å². The second-order valence-electron chi connectivity index (χ2n) is 5.80. The van der Waals surface area contributed by atoms with Crippen LogP contribution in [0.3, 0.4) is 0 Å². The van der Waals surface area contributed by atoms with Crippen molar-refractivity contribution in [2.75, 3.05) is 0 Å². The van der Waals surface area contributed by atoms with Gasteiger partial charge in [-0.05, 0) is 62.2 Å². The quantitative estimate of drug-likeness (QED) is 0.682. The molecule has 0 heterocycles. The first kappa shape index (κ1) is 10.5. The highest BCUT2D eigenvalue weighted by Gasteiger charge is 2.35. The van der Waals surface area contributed by atoms with Gasteiger partial charge in [-0.1, -0.05) is 13.8 Å². The van der Waals surface area contributed by atoms with E-state index in [2.05, 4.69) is 13.8 Å². The average molecular weight is 196 g/mol. The van der Waals surface area contributed by atoms with E-state index in [9.17, 15) is 5.11 Å². The van der Waals surface area contributed by atoms with E-state index in [0.29, 0.717) is 0 Å². The van der Waals surface area contributed by atoms with Crippen LogP contribution in [0.1, 0.15) is 52.4 Å². The number of fused-ring (bicyclic) bond motifs is 1. The van der Waals surface area contributed by atoms with E-state index in [4.69, 9.17) is 0 Å². The van der Waals surface area contributed by atoms with Crippen molar-refractivity contribution in [2.45, 2.75) is 58.5 Å². The fourth-order valence-electron chi connectivity index (χ4n) is 3.51. The first-order chi connectivity index (χ1) is 6.66. The number of hydrogen-bond donors (Lipinski definition) is 1. The Morgan fingerprint density at radius 2 is 1.57 bits per heavy atom. The van der Waals surface area contributed by atoms with Crippen LogP contribution in [0.15, 0.2) is 0 Å². The lowest BCUT2D eigenvalue weighted by Gasteiger charge is -2.42. The number of rotatable bonds is 1. The second-order valence-corrected chi connectivity index (χ2v) is 5.80. The monoisotopic (exact) mass is 196 g/mol. The van der Waals surface area contributed by atoms with Crippen LogP contribution in [-0.4, -0.2) is 11.2 Å². The number of aliphatic hydroxyl groups excluding tert-OH is 1. The number of aliphatic hydroxyl groups is 1. The Morgan fingerprint density at radius 1 is 0.929 bits per heavy atom. The molecule has 2 aliphatic carbocycles. The van der Waals surface area contributed by atoms with Gasteiger partial charge in [0, 0.05) is 0 Å². The third-order valence-corrected chi connectivity index (χ3v) is 4.57. The zero-order valence-electron chi connectivity index (χ0n) is 9.58. The largest absolute Gasteiger partial charge is 0.393 e. The summed E-state index contributed by atoms with van der Waals surface area (Å²) >= 11 is 0. The summed E-state index contributed by atoms with van der Waals surface area (Å²) in [6, 6.07) is 0. The standard InChI is InChI=1S/C13H24O/c1-9(2)10-3-4-12-8-13(14)6-5-11(12)7-10/h9-14H,3-8H2,1-2H3/t10-,11-,12-,13-/m1/s1. The summed E-state index contributed by atoms with van der Waals surface area (Å²) in [5.41, 5.74) is 0. The topological polar surface area (TPSA) is 20.2 Å². The highest BCUT2D eigenvalue weighted by Crippen LogP contribution is 2.44. The molecule has 0 aromatic heterocycles.